The van der Waals surface area contributed by atoms with E-state index in [0.29, 0.717) is 18.2 Å². The van der Waals surface area contributed by atoms with Crippen molar-refractivity contribution >= 4 is 34.6 Å². The smallest absolute Gasteiger partial charge is 0.171 e. The third-order valence-electron chi connectivity index (χ3n) is 3.66. The van der Waals surface area contributed by atoms with Gasteiger partial charge in [-0.2, -0.15) is 10.2 Å². The minimum Gasteiger partial charge on any atom is -0.357 e. The lowest BCUT2D eigenvalue weighted by Gasteiger charge is -2.10. The summed E-state index contributed by atoms with van der Waals surface area (Å²) in [5, 5.41) is 16.2. The highest BCUT2D eigenvalue weighted by molar-refractivity contribution is 7.80. The van der Waals surface area contributed by atoms with E-state index < -0.39 is 0 Å². The minimum atomic E-state index is 0.547. The van der Waals surface area contributed by atoms with E-state index in [1.807, 2.05) is 45.9 Å². The first-order valence-corrected chi connectivity index (χ1v) is 8.75. The lowest BCUT2D eigenvalue weighted by molar-refractivity contribution is 0.614. The summed E-state index contributed by atoms with van der Waals surface area (Å²) in [5.41, 5.74) is 3.02. The molecule has 8 heteroatoms. The molecule has 2 N–H and O–H groups in total. The SMILES string of the molecule is CCn1nccc1CNC(=S)Nc1cnn(Cc2cccc(Cl)c2)c1. The van der Waals surface area contributed by atoms with Crippen LogP contribution in [-0.4, -0.2) is 24.7 Å². The second-order valence-electron chi connectivity index (χ2n) is 5.50. The summed E-state index contributed by atoms with van der Waals surface area (Å²) in [6.45, 7) is 4.16. The van der Waals surface area contributed by atoms with Crippen LogP contribution >= 0.6 is 23.8 Å². The van der Waals surface area contributed by atoms with Crippen LogP contribution in [0.4, 0.5) is 5.69 Å². The van der Waals surface area contributed by atoms with Gasteiger partial charge in [0.15, 0.2) is 5.11 Å². The van der Waals surface area contributed by atoms with Crippen molar-refractivity contribution in [2.75, 3.05) is 5.32 Å². The van der Waals surface area contributed by atoms with Gasteiger partial charge in [-0.1, -0.05) is 23.7 Å². The summed E-state index contributed by atoms with van der Waals surface area (Å²) < 4.78 is 3.77. The largest absolute Gasteiger partial charge is 0.357 e. The van der Waals surface area contributed by atoms with Crippen molar-refractivity contribution < 1.29 is 0 Å². The Morgan fingerprint density at radius 3 is 2.96 bits per heavy atom. The first-order chi connectivity index (χ1) is 12.1. The summed E-state index contributed by atoms with van der Waals surface area (Å²) in [4.78, 5) is 0. The minimum absolute atomic E-state index is 0.547. The first-order valence-electron chi connectivity index (χ1n) is 7.96. The van der Waals surface area contributed by atoms with E-state index in [1.165, 1.54) is 0 Å². The van der Waals surface area contributed by atoms with E-state index in [1.54, 1.807) is 12.4 Å². The monoisotopic (exact) mass is 374 g/mol. The number of nitrogens with one attached hydrogen (secondary N) is 2. The normalized spacial score (nSPS) is 10.6. The Hall–Kier alpha value is -2.38. The molecule has 25 heavy (non-hydrogen) atoms. The molecule has 2 heterocycles. The molecule has 0 fully saturated rings. The number of nitrogens with zero attached hydrogens (tertiary/aromatic N) is 4. The van der Waals surface area contributed by atoms with Crippen LogP contribution in [0.2, 0.25) is 5.02 Å². The van der Waals surface area contributed by atoms with Gasteiger partial charge in [0.2, 0.25) is 0 Å². The molecule has 0 amide bonds. The molecule has 0 aliphatic rings. The molecule has 130 valence electrons. The summed E-state index contributed by atoms with van der Waals surface area (Å²) in [5.74, 6) is 0. The Labute approximate surface area is 156 Å². The van der Waals surface area contributed by atoms with Crippen LogP contribution in [0, 0.1) is 0 Å². The fraction of sp³-hybridized carbons (Fsp3) is 0.235. The zero-order valence-electron chi connectivity index (χ0n) is 13.8. The predicted octanol–water partition coefficient (Wildman–Crippen LogP) is 3.29. The van der Waals surface area contributed by atoms with E-state index in [0.717, 1.165) is 28.5 Å². The molecule has 0 saturated heterocycles. The molecule has 0 saturated carbocycles. The van der Waals surface area contributed by atoms with Gasteiger partial charge in [0.05, 0.1) is 30.7 Å². The van der Waals surface area contributed by atoms with Crippen molar-refractivity contribution in [3.63, 3.8) is 0 Å². The highest BCUT2D eigenvalue weighted by Gasteiger charge is 2.05. The zero-order chi connectivity index (χ0) is 17.6. The second-order valence-corrected chi connectivity index (χ2v) is 6.35. The maximum atomic E-state index is 6.01. The quantitative estimate of drug-likeness (QED) is 0.648. The Morgan fingerprint density at radius 2 is 2.16 bits per heavy atom. The van der Waals surface area contributed by atoms with Crippen LogP contribution < -0.4 is 10.6 Å². The fourth-order valence-corrected chi connectivity index (χ4v) is 2.88. The van der Waals surface area contributed by atoms with Crippen molar-refractivity contribution in [2.24, 2.45) is 0 Å². The molecule has 6 nitrogen and oxygen atoms in total. The maximum Gasteiger partial charge on any atom is 0.171 e. The van der Waals surface area contributed by atoms with Gasteiger partial charge in [-0.15, -0.1) is 0 Å². The number of aromatic nitrogens is 4. The summed E-state index contributed by atoms with van der Waals surface area (Å²) in [6, 6.07) is 9.71. The third-order valence-corrected chi connectivity index (χ3v) is 4.14. The van der Waals surface area contributed by atoms with Crippen LogP contribution in [-0.2, 0) is 19.6 Å². The molecule has 0 aliphatic heterocycles. The number of hydrogen-bond acceptors (Lipinski definition) is 3. The van der Waals surface area contributed by atoms with E-state index in [4.69, 9.17) is 23.8 Å². The molecule has 0 aliphatic carbocycles. The van der Waals surface area contributed by atoms with E-state index in [9.17, 15) is 0 Å². The van der Waals surface area contributed by atoms with Crippen molar-refractivity contribution in [2.45, 2.75) is 26.6 Å². The Bertz CT molecular complexity index is 856. The predicted molar refractivity (Wildman–Crippen MR) is 104 cm³/mol. The van der Waals surface area contributed by atoms with Gasteiger partial charge in [-0.05, 0) is 42.9 Å². The van der Waals surface area contributed by atoms with Gasteiger partial charge in [0, 0.05) is 24.0 Å². The lowest BCUT2D eigenvalue weighted by Crippen LogP contribution is -2.28. The highest BCUT2D eigenvalue weighted by Crippen LogP contribution is 2.13. The standard InChI is InChI=1S/C17H19ClN6S/c1-2-24-16(6-7-20-24)10-19-17(25)22-15-9-21-23(12-15)11-13-4-3-5-14(18)8-13/h3-9,12H,2,10-11H2,1H3,(H2,19,22,25). The average molecular weight is 375 g/mol. The number of aryl methyl sites for hydroxylation is 1. The molecule has 0 spiro atoms. The first kappa shape index (κ1) is 17.4. The molecule has 2 aromatic heterocycles. The van der Waals surface area contributed by atoms with Crippen molar-refractivity contribution in [1.29, 1.82) is 0 Å². The van der Waals surface area contributed by atoms with E-state index in [2.05, 4.69) is 27.8 Å². The number of halogens is 1. The van der Waals surface area contributed by atoms with Gasteiger partial charge < -0.3 is 10.6 Å². The van der Waals surface area contributed by atoms with Crippen LogP contribution in [0.15, 0.2) is 48.9 Å². The number of rotatable bonds is 6. The average Bonchev–Trinajstić information content (AvgIpc) is 3.22. The van der Waals surface area contributed by atoms with Gasteiger partial charge >= 0.3 is 0 Å². The second kappa shape index (κ2) is 8.13. The van der Waals surface area contributed by atoms with Crippen LogP contribution in [0.1, 0.15) is 18.2 Å². The summed E-state index contributed by atoms with van der Waals surface area (Å²) in [7, 11) is 0. The van der Waals surface area contributed by atoms with Gasteiger partial charge in [0.25, 0.3) is 0 Å². The van der Waals surface area contributed by atoms with Gasteiger partial charge in [-0.3, -0.25) is 9.36 Å². The van der Waals surface area contributed by atoms with E-state index >= 15 is 0 Å². The number of anilines is 1. The topological polar surface area (TPSA) is 59.7 Å². The molecule has 0 unspecified atom stereocenters. The van der Waals surface area contributed by atoms with Crippen LogP contribution in [0.25, 0.3) is 0 Å². The Kier molecular flexibility index (Phi) is 5.67. The van der Waals surface area contributed by atoms with Crippen molar-refractivity contribution in [3.05, 3.63) is 65.2 Å². The zero-order valence-corrected chi connectivity index (χ0v) is 15.4. The van der Waals surface area contributed by atoms with Crippen molar-refractivity contribution in [1.82, 2.24) is 24.9 Å². The van der Waals surface area contributed by atoms with Crippen LogP contribution in [0.5, 0.6) is 0 Å². The molecule has 0 radical (unpaired) electrons. The highest BCUT2D eigenvalue weighted by atomic mass is 35.5. The lowest BCUT2D eigenvalue weighted by atomic mass is 10.2. The summed E-state index contributed by atoms with van der Waals surface area (Å²) in [6.07, 6.45) is 5.44. The molecule has 0 bridgehead atoms. The molecule has 1 aromatic carbocycles. The Morgan fingerprint density at radius 1 is 1.28 bits per heavy atom. The number of benzene rings is 1. The Balaban J connectivity index is 1.53. The molecule has 0 atom stereocenters. The molecular formula is C17H19ClN6S. The fourth-order valence-electron chi connectivity index (χ4n) is 2.48. The molecule has 3 aromatic rings. The number of hydrogen-bond donors (Lipinski definition) is 2. The van der Waals surface area contributed by atoms with Crippen molar-refractivity contribution in [3.8, 4) is 0 Å². The van der Waals surface area contributed by atoms with Gasteiger partial charge in [-0.25, -0.2) is 0 Å². The number of thiocarbonyl (C=S) groups is 1. The molecular weight excluding hydrogens is 356 g/mol. The molecule has 3 rings (SSSR count). The summed E-state index contributed by atoms with van der Waals surface area (Å²) >= 11 is 11.3. The van der Waals surface area contributed by atoms with E-state index in [-0.39, 0.29) is 0 Å². The van der Waals surface area contributed by atoms with Gasteiger partial charge in [0.1, 0.15) is 0 Å². The third kappa shape index (κ3) is 4.80. The maximum absolute atomic E-state index is 6.01. The van der Waals surface area contributed by atoms with Crippen LogP contribution in [0.3, 0.4) is 0 Å².